The first-order valence-corrected chi connectivity index (χ1v) is 14.3. The minimum Gasteiger partial charge on any atom is -0.352 e. The molecule has 38 heavy (non-hydrogen) atoms. The summed E-state index contributed by atoms with van der Waals surface area (Å²) in [6.07, 6.45) is 0.355. The van der Waals surface area contributed by atoms with Crippen LogP contribution in [0.25, 0.3) is 0 Å². The minimum absolute atomic E-state index is 0.0300. The molecule has 2 amide bonds. The molecule has 0 aliphatic carbocycles. The van der Waals surface area contributed by atoms with Crippen LogP contribution in [-0.2, 0) is 26.2 Å². The summed E-state index contributed by atoms with van der Waals surface area (Å²) in [6.45, 7) is 7.11. The van der Waals surface area contributed by atoms with E-state index in [2.05, 4.69) is 5.32 Å². The van der Waals surface area contributed by atoms with Crippen molar-refractivity contribution < 1.29 is 18.0 Å². The van der Waals surface area contributed by atoms with Crippen molar-refractivity contribution >= 4 is 39.1 Å². The van der Waals surface area contributed by atoms with Crippen molar-refractivity contribution in [2.75, 3.05) is 10.8 Å². The van der Waals surface area contributed by atoms with Crippen LogP contribution in [0.5, 0.6) is 0 Å². The molecule has 0 heterocycles. The Morgan fingerprint density at radius 1 is 0.921 bits per heavy atom. The van der Waals surface area contributed by atoms with Gasteiger partial charge in [-0.1, -0.05) is 78.7 Å². The molecule has 0 aliphatic rings. The normalized spacial score (nSPS) is 12.2. The van der Waals surface area contributed by atoms with Gasteiger partial charge in [-0.15, -0.1) is 0 Å². The molecule has 202 valence electrons. The Balaban J connectivity index is 2.06. The van der Waals surface area contributed by atoms with Crippen molar-refractivity contribution in [1.29, 1.82) is 0 Å². The lowest BCUT2D eigenvalue weighted by atomic mass is 10.1. The summed E-state index contributed by atoms with van der Waals surface area (Å²) >= 11 is 6.42. The Morgan fingerprint density at radius 3 is 2.11 bits per heavy atom. The fourth-order valence-corrected chi connectivity index (χ4v) is 5.82. The number of carbonyl (C=O) groups excluding carboxylic acids is 2. The van der Waals surface area contributed by atoms with E-state index in [-0.39, 0.29) is 34.1 Å². The van der Waals surface area contributed by atoms with Crippen LogP contribution in [0.3, 0.4) is 0 Å². The van der Waals surface area contributed by atoms with Crippen molar-refractivity contribution in [1.82, 2.24) is 10.2 Å². The molecule has 0 saturated heterocycles. The summed E-state index contributed by atoms with van der Waals surface area (Å²) in [7, 11) is -4.15. The highest BCUT2D eigenvalue weighted by Crippen LogP contribution is 2.30. The number of halogens is 1. The van der Waals surface area contributed by atoms with Gasteiger partial charge in [-0.05, 0) is 57.0 Å². The number of rotatable bonds is 11. The first-order valence-electron chi connectivity index (χ1n) is 12.5. The van der Waals surface area contributed by atoms with E-state index in [4.69, 9.17) is 11.6 Å². The molecule has 1 N–H and O–H groups in total. The van der Waals surface area contributed by atoms with E-state index < -0.39 is 28.5 Å². The molecule has 9 heteroatoms. The lowest BCUT2D eigenvalue weighted by Crippen LogP contribution is -2.53. The van der Waals surface area contributed by atoms with Gasteiger partial charge in [-0.2, -0.15) is 0 Å². The lowest BCUT2D eigenvalue weighted by Gasteiger charge is -2.33. The van der Waals surface area contributed by atoms with Gasteiger partial charge in [0.2, 0.25) is 11.8 Å². The van der Waals surface area contributed by atoms with Gasteiger partial charge in [0, 0.05) is 12.6 Å². The molecular formula is C29H34ClN3O4S. The fraction of sp³-hybridized carbons (Fsp3) is 0.310. The van der Waals surface area contributed by atoms with Crippen LogP contribution in [0.1, 0.15) is 38.3 Å². The molecular weight excluding hydrogens is 522 g/mol. The quantitative estimate of drug-likeness (QED) is 0.353. The predicted molar refractivity (Wildman–Crippen MR) is 152 cm³/mol. The van der Waals surface area contributed by atoms with Crippen molar-refractivity contribution in [3.63, 3.8) is 0 Å². The molecule has 3 aromatic carbocycles. The maximum atomic E-state index is 14.0. The Hall–Kier alpha value is -3.36. The van der Waals surface area contributed by atoms with E-state index >= 15 is 0 Å². The van der Waals surface area contributed by atoms with Gasteiger partial charge in [0.15, 0.2) is 0 Å². The monoisotopic (exact) mass is 555 g/mol. The second-order valence-electron chi connectivity index (χ2n) is 9.37. The van der Waals surface area contributed by atoms with E-state index in [0.29, 0.717) is 6.42 Å². The van der Waals surface area contributed by atoms with Crippen molar-refractivity contribution in [3.05, 3.63) is 95.0 Å². The number of anilines is 1. The van der Waals surface area contributed by atoms with Crippen molar-refractivity contribution in [2.24, 2.45) is 0 Å². The van der Waals surface area contributed by atoms with Gasteiger partial charge >= 0.3 is 0 Å². The van der Waals surface area contributed by atoms with Crippen LogP contribution in [0.15, 0.2) is 83.8 Å². The van der Waals surface area contributed by atoms with Crippen LogP contribution in [0.4, 0.5) is 5.69 Å². The van der Waals surface area contributed by atoms with Gasteiger partial charge in [0.1, 0.15) is 12.6 Å². The molecule has 0 saturated carbocycles. The highest BCUT2D eigenvalue weighted by atomic mass is 35.5. The molecule has 1 unspecified atom stereocenters. The third-order valence-corrected chi connectivity index (χ3v) is 8.12. The predicted octanol–water partition coefficient (Wildman–Crippen LogP) is 5.18. The zero-order chi connectivity index (χ0) is 27.9. The van der Waals surface area contributed by atoms with Crippen molar-refractivity contribution in [3.8, 4) is 0 Å². The number of para-hydroxylation sites is 1. The minimum atomic E-state index is -4.15. The largest absolute Gasteiger partial charge is 0.352 e. The Kier molecular flexibility index (Phi) is 9.94. The SMILES string of the molecule is CCC(C(=O)NC(C)C)N(Cc1ccc(C)cc1)C(=O)CN(c1ccccc1Cl)S(=O)(=O)c1ccccc1. The van der Waals surface area contributed by atoms with Crippen LogP contribution in [-0.4, -0.2) is 43.8 Å². The third-order valence-electron chi connectivity index (χ3n) is 6.02. The van der Waals surface area contributed by atoms with Crippen LogP contribution in [0.2, 0.25) is 5.02 Å². The van der Waals surface area contributed by atoms with Gasteiger partial charge in [-0.25, -0.2) is 8.42 Å². The van der Waals surface area contributed by atoms with Gasteiger partial charge < -0.3 is 10.2 Å². The van der Waals surface area contributed by atoms with Crippen LogP contribution < -0.4 is 9.62 Å². The van der Waals surface area contributed by atoms with E-state index in [9.17, 15) is 18.0 Å². The maximum absolute atomic E-state index is 14.0. The highest BCUT2D eigenvalue weighted by Gasteiger charge is 2.34. The Bertz CT molecular complexity index is 1350. The zero-order valence-electron chi connectivity index (χ0n) is 22.1. The van der Waals surface area contributed by atoms with Crippen molar-refractivity contribution in [2.45, 2.75) is 57.6 Å². The number of hydrogen-bond donors (Lipinski definition) is 1. The first kappa shape index (κ1) is 29.2. The molecule has 0 fully saturated rings. The highest BCUT2D eigenvalue weighted by molar-refractivity contribution is 7.92. The molecule has 0 bridgehead atoms. The second-order valence-corrected chi connectivity index (χ2v) is 11.6. The number of sulfonamides is 1. The first-order chi connectivity index (χ1) is 18.0. The van der Waals surface area contributed by atoms with E-state index in [1.807, 2.05) is 52.0 Å². The second kappa shape index (κ2) is 12.9. The molecule has 0 aliphatic heterocycles. The molecule has 7 nitrogen and oxygen atoms in total. The number of nitrogens with one attached hydrogen (secondary N) is 1. The number of nitrogens with zero attached hydrogens (tertiary/aromatic N) is 2. The summed E-state index contributed by atoms with van der Waals surface area (Å²) in [5.41, 5.74) is 2.08. The Labute approximate surface area is 230 Å². The molecule has 0 radical (unpaired) electrons. The zero-order valence-corrected chi connectivity index (χ0v) is 23.7. The van der Waals surface area contributed by atoms with Gasteiger partial charge in [-0.3, -0.25) is 13.9 Å². The summed E-state index contributed by atoms with van der Waals surface area (Å²) < 4.78 is 28.6. The lowest BCUT2D eigenvalue weighted by molar-refractivity contribution is -0.140. The van der Waals surface area contributed by atoms with Crippen LogP contribution in [0, 0.1) is 6.92 Å². The van der Waals surface area contributed by atoms with Gasteiger partial charge in [0.05, 0.1) is 15.6 Å². The number of benzene rings is 3. The standard InChI is InChI=1S/C29H34ClN3O4S/c1-5-26(29(35)31-21(2)3)32(19-23-17-15-22(4)16-18-23)28(34)20-33(27-14-10-9-13-25(27)30)38(36,37)24-11-7-6-8-12-24/h6-18,21,26H,5,19-20H2,1-4H3,(H,31,35). The number of hydrogen-bond acceptors (Lipinski definition) is 4. The van der Waals surface area contributed by atoms with E-state index in [0.717, 1.165) is 15.4 Å². The third kappa shape index (κ3) is 7.14. The average molecular weight is 556 g/mol. The topological polar surface area (TPSA) is 86.8 Å². The maximum Gasteiger partial charge on any atom is 0.264 e. The van der Waals surface area contributed by atoms with Crippen LogP contribution >= 0.6 is 11.6 Å². The fourth-order valence-electron chi connectivity index (χ4n) is 4.08. The smallest absolute Gasteiger partial charge is 0.264 e. The van der Waals surface area contributed by atoms with E-state index in [1.54, 1.807) is 42.5 Å². The molecule has 3 rings (SSSR count). The summed E-state index contributed by atoms with van der Waals surface area (Å²) in [5.74, 6) is -0.811. The average Bonchev–Trinajstić information content (AvgIpc) is 2.88. The number of carbonyl (C=O) groups is 2. The van der Waals surface area contributed by atoms with E-state index in [1.165, 1.54) is 17.0 Å². The molecule has 1 atom stereocenters. The summed E-state index contributed by atoms with van der Waals surface area (Å²) in [4.78, 5) is 28.6. The molecule has 0 spiro atoms. The molecule has 3 aromatic rings. The number of aryl methyl sites for hydroxylation is 1. The van der Waals surface area contributed by atoms with Gasteiger partial charge in [0.25, 0.3) is 10.0 Å². The summed E-state index contributed by atoms with van der Waals surface area (Å²) in [6, 6.07) is 21.1. The number of amides is 2. The Morgan fingerprint density at radius 2 is 1.53 bits per heavy atom. The summed E-state index contributed by atoms with van der Waals surface area (Å²) in [5, 5.41) is 3.08. The molecule has 0 aromatic heterocycles.